The maximum absolute atomic E-state index is 10.5. The van der Waals surface area contributed by atoms with Crippen LogP contribution in [-0.4, -0.2) is 20.7 Å². The average molecular weight is 287 g/mol. The summed E-state index contributed by atoms with van der Waals surface area (Å²) in [5.74, 6) is 0.455. The summed E-state index contributed by atoms with van der Waals surface area (Å²) in [6, 6.07) is 5.33. The zero-order valence-corrected chi connectivity index (χ0v) is 12.1. The molecule has 0 saturated heterocycles. The molecule has 0 unspecified atom stereocenters. The van der Waals surface area contributed by atoms with Crippen LogP contribution < -0.4 is 5.43 Å². The van der Waals surface area contributed by atoms with Crippen LogP contribution in [0.15, 0.2) is 35.7 Å². The molecule has 110 valence electrons. The highest BCUT2D eigenvalue weighted by Gasteiger charge is 2.05. The molecular formula is C14H17N5O2. The summed E-state index contributed by atoms with van der Waals surface area (Å²) in [6.07, 6.45) is 4.90. The fraction of sp³-hybridized carbons (Fsp3) is 0.286. The van der Waals surface area contributed by atoms with Crippen LogP contribution in [0, 0.1) is 17.0 Å². The zero-order valence-electron chi connectivity index (χ0n) is 12.1. The third kappa shape index (κ3) is 3.65. The van der Waals surface area contributed by atoms with Crippen molar-refractivity contribution in [2.75, 3.05) is 5.43 Å². The van der Waals surface area contributed by atoms with Crippen molar-refractivity contribution in [1.29, 1.82) is 0 Å². The van der Waals surface area contributed by atoms with Crippen LogP contribution in [0.4, 0.5) is 11.5 Å². The Hall–Kier alpha value is -2.70. The van der Waals surface area contributed by atoms with E-state index in [9.17, 15) is 10.1 Å². The van der Waals surface area contributed by atoms with Crippen molar-refractivity contribution in [2.45, 2.75) is 26.8 Å². The maximum atomic E-state index is 10.5. The minimum Gasteiger partial charge on any atom is -0.349 e. The van der Waals surface area contributed by atoms with Gasteiger partial charge in [-0.3, -0.25) is 15.5 Å². The number of hydrogen-bond donors (Lipinski definition) is 1. The van der Waals surface area contributed by atoms with E-state index >= 15 is 0 Å². The van der Waals surface area contributed by atoms with Gasteiger partial charge in [0, 0.05) is 29.6 Å². The molecule has 2 aromatic heterocycles. The lowest BCUT2D eigenvalue weighted by molar-refractivity contribution is -0.385. The molecule has 0 amide bonds. The summed E-state index contributed by atoms with van der Waals surface area (Å²) in [6.45, 7) is 6.28. The van der Waals surface area contributed by atoms with Crippen LogP contribution in [0.5, 0.6) is 0 Å². The molecule has 0 aliphatic carbocycles. The maximum Gasteiger partial charge on any atom is 0.287 e. The standard InChI is InChI=1S/C14H17N5O2/c1-10(2)18-9-12(6-11(18)3)7-16-17-14-5-4-13(8-15-14)19(20)21/h4-10H,1-3H3,(H,15,17)/b16-7-. The molecule has 0 radical (unpaired) electrons. The van der Waals surface area contributed by atoms with Crippen LogP contribution in [0.2, 0.25) is 0 Å². The lowest BCUT2D eigenvalue weighted by Gasteiger charge is -2.08. The Balaban J connectivity index is 2.02. The monoisotopic (exact) mass is 287 g/mol. The smallest absolute Gasteiger partial charge is 0.287 e. The Morgan fingerprint density at radius 2 is 2.24 bits per heavy atom. The Bertz CT molecular complexity index is 659. The van der Waals surface area contributed by atoms with Gasteiger partial charge in [0.1, 0.15) is 12.0 Å². The van der Waals surface area contributed by atoms with Crippen molar-refractivity contribution in [1.82, 2.24) is 9.55 Å². The van der Waals surface area contributed by atoms with E-state index in [0.717, 1.165) is 5.56 Å². The summed E-state index contributed by atoms with van der Waals surface area (Å²) in [7, 11) is 0. The topological polar surface area (TPSA) is 85.3 Å². The molecule has 21 heavy (non-hydrogen) atoms. The third-order valence-electron chi connectivity index (χ3n) is 2.98. The summed E-state index contributed by atoms with van der Waals surface area (Å²) in [4.78, 5) is 13.9. The molecule has 2 heterocycles. The van der Waals surface area contributed by atoms with Crippen LogP contribution >= 0.6 is 0 Å². The summed E-state index contributed by atoms with van der Waals surface area (Å²) in [5, 5.41) is 14.6. The van der Waals surface area contributed by atoms with Gasteiger partial charge in [0.2, 0.25) is 0 Å². The number of hydrogen-bond acceptors (Lipinski definition) is 5. The molecule has 0 aliphatic rings. The molecule has 7 heteroatoms. The van der Waals surface area contributed by atoms with Gasteiger partial charge in [-0.1, -0.05) is 0 Å². The summed E-state index contributed by atoms with van der Waals surface area (Å²) >= 11 is 0. The highest BCUT2D eigenvalue weighted by molar-refractivity contribution is 5.80. The van der Waals surface area contributed by atoms with E-state index < -0.39 is 4.92 Å². The molecule has 0 saturated carbocycles. The van der Waals surface area contributed by atoms with E-state index in [-0.39, 0.29) is 5.69 Å². The van der Waals surface area contributed by atoms with Crippen molar-refractivity contribution in [3.05, 3.63) is 52.0 Å². The van der Waals surface area contributed by atoms with Crippen LogP contribution in [0.3, 0.4) is 0 Å². The zero-order chi connectivity index (χ0) is 15.4. The highest BCUT2D eigenvalue weighted by Crippen LogP contribution is 2.13. The van der Waals surface area contributed by atoms with E-state index in [4.69, 9.17) is 0 Å². The van der Waals surface area contributed by atoms with Gasteiger partial charge >= 0.3 is 0 Å². The Labute approximate surface area is 122 Å². The third-order valence-corrected chi connectivity index (χ3v) is 2.98. The lowest BCUT2D eigenvalue weighted by Crippen LogP contribution is -2.00. The number of rotatable bonds is 5. The number of nitro groups is 1. The van der Waals surface area contributed by atoms with Gasteiger partial charge in [-0.15, -0.1) is 0 Å². The van der Waals surface area contributed by atoms with E-state index in [2.05, 4.69) is 33.9 Å². The van der Waals surface area contributed by atoms with E-state index in [0.29, 0.717) is 11.9 Å². The Kier molecular flexibility index (Phi) is 4.32. The van der Waals surface area contributed by atoms with Gasteiger partial charge < -0.3 is 4.57 Å². The first kappa shape index (κ1) is 14.7. The second-order valence-corrected chi connectivity index (χ2v) is 4.94. The first-order valence-corrected chi connectivity index (χ1v) is 6.55. The minimum atomic E-state index is -0.489. The van der Waals surface area contributed by atoms with E-state index in [1.807, 2.05) is 19.2 Å². The summed E-state index contributed by atoms with van der Waals surface area (Å²) < 4.78 is 2.16. The predicted octanol–water partition coefficient (Wildman–Crippen LogP) is 3.13. The molecule has 7 nitrogen and oxygen atoms in total. The van der Waals surface area contributed by atoms with Crippen molar-refractivity contribution in [2.24, 2.45) is 5.10 Å². The SMILES string of the molecule is Cc1cc(/C=N\Nc2ccc([N+](=O)[O-])cn2)cn1C(C)C. The summed E-state index contributed by atoms with van der Waals surface area (Å²) in [5.41, 5.74) is 4.85. The van der Waals surface area contributed by atoms with Crippen LogP contribution in [0.25, 0.3) is 0 Å². The minimum absolute atomic E-state index is 0.0471. The second-order valence-electron chi connectivity index (χ2n) is 4.94. The predicted molar refractivity (Wildman–Crippen MR) is 81.7 cm³/mol. The second kappa shape index (κ2) is 6.17. The molecule has 2 rings (SSSR count). The molecule has 0 spiro atoms. The first-order valence-electron chi connectivity index (χ1n) is 6.55. The Morgan fingerprint density at radius 1 is 1.48 bits per heavy atom. The molecule has 2 aromatic rings. The molecular weight excluding hydrogens is 270 g/mol. The number of nitrogens with one attached hydrogen (secondary N) is 1. The molecule has 0 aromatic carbocycles. The van der Waals surface area contributed by atoms with Crippen molar-refractivity contribution < 1.29 is 4.92 Å². The molecule has 0 bridgehead atoms. The number of nitrogens with zero attached hydrogens (tertiary/aromatic N) is 4. The molecule has 0 fully saturated rings. The highest BCUT2D eigenvalue weighted by atomic mass is 16.6. The van der Waals surface area contributed by atoms with Gasteiger partial charge in [-0.2, -0.15) is 5.10 Å². The molecule has 0 aliphatic heterocycles. The number of pyridine rings is 1. The quantitative estimate of drug-likeness (QED) is 0.520. The molecule has 1 N–H and O–H groups in total. The average Bonchev–Trinajstić information content (AvgIpc) is 2.80. The Morgan fingerprint density at radius 3 is 2.76 bits per heavy atom. The van der Waals surface area contributed by atoms with E-state index in [1.165, 1.54) is 24.0 Å². The van der Waals surface area contributed by atoms with Gasteiger partial charge in [0.15, 0.2) is 0 Å². The fourth-order valence-electron chi connectivity index (χ4n) is 1.98. The fourth-order valence-corrected chi connectivity index (χ4v) is 1.98. The first-order chi connectivity index (χ1) is 9.97. The normalized spacial score (nSPS) is 11.2. The van der Waals surface area contributed by atoms with Crippen molar-refractivity contribution >= 4 is 17.7 Å². The largest absolute Gasteiger partial charge is 0.349 e. The van der Waals surface area contributed by atoms with Crippen LogP contribution in [-0.2, 0) is 0 Å². The number of aromatic nitrogens is 2. The number of aryl methyl sites for hydroxylation is 1. The van der Waals surface area contributed by atoms with Crippen molar-refractivity contribution in [3.8, 4) is 0 Å². The van der Waals surface area contributed by atoms with Gasteiger partial charge in [-0.25, -0.2) is 4.98 Å². The van der Waals surface area contributed by atoms with Crippen LogP contribution in [0.1, 0.15) is 31.1 Å². The van der Waals surface area contributed by atoms with Gasteiger partial charge in [0.05, 0.1) is 11.1 Å². The van der Waals surface area contributed by atoms with Gasteiger partial charge in [-0.05, 0) is 32.9 Å². The van der Waals surface area contributed by atoms with E-state index in [1.54, 1.807) is 6.21 Å². The molecule has 0 atom stereocenters. The van der Waals surface area contributed by atoms with Crippen molar-refractivity contribution in [3.63, 3.8) is 0 Å². The van der Waals surface area contributed by atoms with Gasteiger partial charge in [0.25, 0.3) is 5.69 Å². The number of anilines is 1. The lowest BCUT2D eigenvalue weighted by atomic mass is 10.3. The number of hydrazone groups is 1.